The Balaban J connectivity index is 1.61. The third-order valence-electron chi connectivity index (χ3n) is 5.08. The molecular weight excluding hydrogens is 362 g/mol. The summed E-state index contributed by atoms with van der Waals surface area (Å²) < 4.78 is 29.0. The van der Waals surface area contributed by atoms with Crippen molar-refractivity contribution >= 4 is 21.5 Å². The average molecular weight is 385 g/mol. The van der Waals surface area contributed by atoms with Gasteiger partial charge in [0.25, 0.3) is 10.0 Å². The third-order valence-corrected chi connectivity index (χ3v) is 6.45. The number of hydrogen-bond acceptors (Lipinski definition) is 5. The molecule has 1 unspecified atom stereocenters. The van der Waals surface area contributed by atoms with E-state index in [-0.39, 0.29) is 17.5 Å². The van der Waals surface area contributed by atoms with Gasteiger partial charge < -0.3 is 10.4 Å². The van der Waals surface area contributed by atoms with E-state index in [1.165, 1.54) is 0 Å². The highest BCUT2D eigenvalue weighted by Gasteiger charge is 2.36. The summed E-state index contributed by atoms with van der Waals surface area (Å²) in [6, 6.07) is 16.8. The number of hydrogen-bond donors (Lipinski definition) is 2. The van der Waals surface area contributed by atoms with Gasteiger partial charge in [-0.2, -0.15) is 8.42 Å². The van der Waals surface area contributed by atoms with E-state index < -0.39 is 10.0 Å². The first-order chi connectivity index (χ1) is 13.1. The molecule has 2 aromatic rings. The molecule has 0 aromatic heterocycles. The van der Waals surface area contributed by atoms with Crippen molar-refractivity contribution in [2.24, 2.45) is 10.3 Å². The Labute approximate surface area is 159 Å². The molecule has 1 heterocycles. The van der Waals surface area contributed by atoms with Crippen molar-refractivity contribution in [1.29, 1.82) is 0 Å². The number of amidine groups is 1. The van der Waals surface area contributed by atoms with Gasteiger partial charge in [0, 0.05) is 12.6 Å². The number of nitrogens with zero attached hydrogens (tertiary/aromatic N) is 2. The van der Waals surface area contributed by atoms with E-state index in [1.54, 1.807) is 24.3 Å². The van der Waals surface area contributed by atoms with Gasteiger partial charge >= 0.3 is 0 Å². The Morgan fingerprint density at radius 1 is 1.07 bits per heavy atom. The summed E-state index contributed by atoms with van der Waals surface area (Å²) in [6.45, 7) is 1.02. The summed E-state index contributed by atoms with van der Waals surface area (Å²) >= 11 is 0. The van der Waals surface area contributed by atoms with Gasteiger partial charge in [0.2, 0.25) is 0 Å². The van der Waals surface area contributed by atoms with E-state index in [9.17, 15) is 13.5 Å². The van der Waals surface area contributed by atoms with Crippen LogP contribution >= 0.6 is 0 Å². The van der Waals surface area contributed by atoms with Gasteiger partial charge in [-0.15, -0.1) is 4.40 Å². The van der Waals surface area contributed by atoms with Crippen LogP contribution in [0, 0.1) is 5.92 Å². The lowest BCUT2D eigenvalue weighted by Crippen LogP contribution is -2.44. The van der Waals surface area contributed by atoms with Crippen LogP contribution in [0.1, 0.15) is 18.4 Å². The molecule has 1 fully saturated rings. The Hall–Kier alpha value is -2.22. The van der Waals surface area contributed by atoms with E-state index in [1.807, 2.05) is 30.3 Å². The van der Waals surface area contributed by atoms with Crippen LogP contribution in [0.5, 0.6) is 0 Å². The summed E-state index contributed by atoms with van der Waals surface area (Å²) in [7, 11) is -3.71. The van der Waals surface area contributed by atoms with E-state index >= 15 is 0 Å². The van der Waals surface area contributed by atoms with Crippen LogP contribution in [0.25, 0.3) is 0 Å². The minimum atomic E-state index is -3.71. The van der Waals surface area contributed by atoms with Gasteiger partial charge in [0.15, 0.2) is 0 Å². The zero-order valence-electron chi connectivity index (χ0n) is 15.0. The highest BCUT2D eigenvalue weighted by atomic mass is 32.2. The molecule has 0 radical (unpaired) electrons. The summed E-state index contributed by atoms with van der Waals surface area (Å²) in [5.74, 6) is 0.843. The van der Waals surface area contributed by atoms with E-state index in [0.29, 0.717) is 30.5 Å². The highest BCUT2D eigenvalue weighted by molar-refractivity contribution is 7.90. The summed E-state index contributed by atoms with van der Waals surface area (Å²) in [5.41, 5.74) is 1.67. The van der Waals surface area contributed by atoms with E-state index in [0.717, 1.165) is 18.4 Å². The molecule has 7 heteroatoms. The van der Waals surface area contributed by atoms with Gasteiger partial charge in [0.05, 0.1) is 18.8 Å². The number of fused-ring (bicyclic) bond motifs is 1. The molecule has 0 bridgehead atoms. The lowest BCUT2D eigenvalue weighted by molar-refractivity contribution is 0.116. The molecule has 0 amide bonds. The van der Waals surface area contributed by atoms with Crippen molar-refractivity contribution in [3.05, 3.63) is 60.2 Å². The minimum Gasteiger partial charge on any atom is -0.395 e. The summed E-state index contributed by atoms with van der Waals surface area (Å²) in [6.07, 6.45) is 2.19. The molecular formula is C20H23N3O3S. The second kappa shape index (κ2) is 7.42. The van der Waals surface area contributed by atoms with Crippen LogP contribution in [0.4, 0.5) is 5.69 Å². The molecule has 1 atom stereocenters. The number of aliphatic hydroxyl groups excluding tert-OH is 1. The quantitative estimate of drug-likeness (QED) is 0.765. The molecule has 4 rings (SSSR count). The normalized spacial score (nSPS) is 19.1. The second-order valence-electron chi connectivity index (χ2n) is 7.11. The van der Waals surface area contributed by atoms with Gasteiger partial charge in [-0.05, 0) is 36.5 Å². The third kappa shape index (κ3) is 4.05. The molecule has 2 aromatic carbocycles. The molecule has 1 aliphatic carbocycles. The molecule has 142 valence electrons. The Kier molecular flexibility index (Phi) is 4.99. The van der Waals surface area contributed by atoms with Crippen LogP contribution < -0.4 is 5.32 Å². The topological polar surface area (TPSA) is 82.0 Å². The van der Waals surface area contributed by atoms with Crippen LogP contribution in [-0.2, 0) is 16.6 Å². The van der Waals surface area contributed by atoms with Crippen LogP contribution in [0.3, 0.4) is 0 Å². The lowest BCUT2D eigenvalue weighted by Gasteiger charge is -2.32. The zero-order valence-corrected chi connectivity index (χ0v) is 15.8. The summed E-state index contributed by atoms with van der Waals surface area (Å²) in [4.78, 5) is 2.33. The maximum atomic E-state index is 12.5. The fourth-order valence-corrected chi connectivity index (χ4v) is 4.72. The predicted octanol–water partition coefficient (Wildman–Crippen LogP) is 2.47. The fraction of sp³-hybridized carbons (Fsp3) is 0.350. The van der Waals surface area contributed by atoms with Crippen molar-refractivity contribution < 1.29 is 13.5 Å². The minimum absolute atomic E-state index is 0.00502. The first-order valence-electron chi connectivity index (χ1n) is 9.15. The SMILES string of the molecule is O=S1(=O)N=C(CN(Cc2ccccc2)C(CO)C2CC2)Nc2ccccc21. The van der Waals surface area contributed by atoms with Gasteiger partial charge in [-0.25, -0.2) is 0 Å². The standard InChI is InChI=1S/C20H23N3O3S/c24-14-18(16-10-11-16)23(12-15-6-2-1-3-7-15)13-20-21-17-8-4-5-9-19(17)27(25,26)22-20/h1-9,16,18,24H,10-14H2,(H,21,22). The maximum absolute atomic E-state index is 12.5. The molecule has 1 saturated carbocycles. The van der Waals surface area contributed by atoms with Crippen molar-refractivity contribution in [2.45, 2.75) is 30.3 Å². The van der Waals surface area contributed by atoms with Crippen LogP contribution in [-0.4, -0.2) is 43.5 Å². The molecule has 1 aliphatic heterocycles. The molecule has 0 saturated heterocycles. The van der Waals surface area contributed by atoms with Gasteiger partial charge in [-0.3, -0.25) is 4.90 Å². The van der Waals surface area contributed by atoms with Gasteiger partial charge in [0.1, 0.15) is 10.7 Å². The fourth-order valence-electron chi connectivity index (χ4n) is 3.58. The first-order valence-corrected chi connectivity index (χ1v) is 10.6. The van der Waals surface area contributed by atoms with Crippen LogP contribution in [0.15, 0.2) is 63.9 Å². The highest BCUT2D eigenvalue weighted by Crippen LogP contribution is 2.36. The van der Waals surface area contributed by atoms with Crippen molar-refractivity contribution in [2.75, 3.05) is 18.5 Å². The molecule has 2 N–H and O–H groups in total. The second-order valence-corrected chi connectivity index (χ2v) is 8.68. The van der Waals surface area contributed by atoms with Gasteiger partial charge in [-0.1, -0.05) is 42.5 Å². The van der Waals surface area contributed by atoms with Crippen molar-refractivity contribution in [3.8, 4) is 0 Å². The van der Waals surface area contributed by atoms with Crippen molar-refractivity contribution in [3.63, 3.8) is 0 Å². The number of para-hydroxylation sites is 1. The lowest BCUT2D eigenvalue weighted by atomic mass is 10.1. The molecule has 27 heavy (non-hydrogen) atoms. The largest absolute Gasteiger partial charge is 0.395 e. The van der Waals surface area contributed by atoms with Crippen LogP contribution in [0.2, 0.25) is 0 Å². The number of sulfonamides is 1. The predicted molar refractivity (Wildman–Crippen MR) is 105 cm³/mol. The zero-order chi connectivity index (χ0) is 18.9. The smallest absolute Gasteiger partial charge is 0.286 e. The van der Waals surface area contributed by atoms with E-state index in [4.69, 9.17) is 0 Å². The number of rotatable bonds is 7. The van der Waals surface area contributed by atoms with Crippen molar-refractivity contribution in [1.82, 2.24) is 4.90 Å². The average Bonchev–Trinajstić information content (AvgIpc) is 3.48. The Morgan fingerprint density at radius 3 is 2.48 bits per heavy atom. The Bertz CT molecular complexity index is 940. The molecule has 2 aliphatic rings. The summed E-state index contributed by atoms with van der Waals surface area (Å²) in [5, 5.41) is 13.1. The maximum Gasteiger partial charge on any atom is 0.286 e. The Morgan fingerprint density at radius 2 is 1.78 bits per heavy atom. The number of anilines is 1. The number of aliphatic hydroxyl groups is 1. The van der Waals surface area contributed by atoms with E-state index in [2.05, 4.69) is 14.6 Å². The number of nitrogens with one attached hydrogen (secondary N) is 1. The molecule has 6 nitrogen and oxygen atoms in total. The molecule has 0 spiro atoms. The first kappa shape index (κ1) is 18.2. The number of benzene rings is 2. The monoisotopic (exact) mass is 385 g/mol.